The summed E-state index contributed by atoms with van der Waals surface area (Å²) < 4.78 is 0. The van der Waals surface area contributed by atoms with E-state index in [9.17, 15) is 4.79 Å². The van der Waals surface area contributed by atoms with Gasteiger partial charge in [0.2, 0.25) is 5.24 Å². The molecule has 1 saturated carbocycles. The fourth-order valence-electron chi connectivity index (χ4n) is 2.36. The smallest absolute Gasteiger partial charge is 0.221 e. The molecular weight excluding hydrogens is 184 g/mol. The summed E-state index contributed by atoms with van der Waals surface area (Å²) in [5.41, 5.74) is 0. The van der Waals surface area contributed by atoms with E-state index in [0.29, 0.717) is 12.3 Å². The second kappa shape index (κ2) is 5.64. The second-order valence-electron chi connectivity index (χ2n) is 4.23. The summed E-state index contributed by atoms with van der Waals surface area (Å²) in [6.45, 7) is 2.24. The summed E-state index contributed by atoms with van der Waals surface area (Å²) in [6.07, 6.45) is 8.29. The van der Waals surface area contributed by atoms with Gasteiger partial charge in [-0.1, -0.05) is 32.6 Å². The lowest BCUT2D eigenvalue weighted by atomic mass is 9.79. The van der Waals surface area contributed by atoms with Crippen LogP contribution in [0.5, 0.6) is 0 Å². The third kappa shape index (κ3) is 4.12. The summed E-state index contributed by atoms with van der Waals surface area (Å²) in [6, 6.07) is 0. The van der Waals surface area contributed by atoms with Crippen molar-refractivity contribution in [2.24, 2.45) is 11.8 Å². The predicted molar refractivity (Wildman–Crippen MR) is 55.8 cm³/mol. The maximum Gasteiger partial charge on any atom is 0.221 e. The molecule has 1 aliphatic rings. The zero-order valence-electron chi connectivity index (χ0n) is 8.39. The highest BCUT2D eigenvalue weighted by atomic mass is 35.5. The molecule has 1 fully saturated rings. The van der Waals surface area contributed by atoms with Gasteiger partial charge in [-0.2, -0.15) is 0 Å². The van der Waals surface area contributed by atoms with Crippen molar-refractivity contribution in [1.82, 2.24) is 0 Å². The summed E-state index contributed by atoms with van der Waals surface area (Å²) in [5.74, 6) is 1.50. The van der Waals surface area contributed by atoms with E-state index in [0.717, 1.165) is 5.92 Å². The third-order valence-electron chi connectivity index (χ3n) is 3.11. The van der Waals surface area contributed by atoms with Crippen molar-refractivity contribution in [3.63, 3.8) is 0 Å². The van der Waals surface area contributed by atoms with E-state index in [1.165, 1.54) is 38.5 Å². The van der Waals surface area contributed by atoms with Gasteiger partial charge in [-0.15, -0.1) is 0 Å². The van der Waals surface area contributed by atoms with Crippen LogP contribution in [0.15, 0.2) is 0 Å². The number of rotatable bonds is 4. The lowest BCUT2D eigenvalue weighted by molar-refractivity contribution is -0.112. The summed E-state index contributed by atoms with van der Waals surface area (Å²) in [4.78, 5) is 10.7. The van der Waals surface area contributed by atoms with Crippen LogP contribution in [0.2, 0.25) is 0 Å². The minimum atomic E-state index is -0.154. The van der Waals surface area contributed by atoms with Crippen molar-refractivity contribution in [2.45, 2.75) is 51.9 Å². The standard InChI is InChI=1S/C11H19ClO/c1-2-3-9-4-6-10(7-5-9)8-11(12)13/h9-10H,2-8H2,1H3. The van der Waals surface area contributed by atoms with E-state index in [4.69, 9.17) is 11.6 Å². The van der Waals surface area contributed by atoms with Crippen LogP contribution in [0.4, 0.5) is 0 Å². The largest absolute Gasteiger partial charge is 0.281 e. The molecule has 1 rings (SSSR count). The molecule has 0 aromatic heterocycles. The first kappa shape index (κ1) is 11.0. The van der Waals surface area contributed by atoms with Crippen LogP contribution < -0.4 is 0 Å². The van der Waals surface area contributed by atoms with Gasteiger partial charge >= 0.3 is 0 Å². The van der Waals surface area contributed by atoms with Crippen LogP contribution in [-0.4, -0.2) is 5.24 Å². The highest BCUT2D eigenvalue weighted by molar-refractivity contribution is 6.63. The Bertz CT molecular complexity index is 159. The number of carbonyl (C=O) groups is 1. The lowest BCUT2D eigenvalue weighted by Crippen LogP contribution is -2.15. The van der Waals surface area contributed by atoms with E-state index in [1.807, 2.05) is 0 Å². The molecule has 0 amide bonds. The molecule has 0 saturated heterocycles. The Morgan fingerprint density at radius 2 is 1.77 bits per heavy atom. The third-order valence-corrected chi connectivity index (χ3v) is 3.27. The fourth-order valence-corrected chi connectivity index (χ4v) is 2.58. The average Bonchev–Trinajstić information content (AvgIpc) is 2.08. The number of hydrogen-bond donors (Lipinski definition) is 0. The molecule has 1 nitrogen and oxygen atoms in total. The Morgan fingerprint density at radius 1 is 1.23 bits per heavy atom. The van der Waals surface area contributed by atoms with Crippen molar-refractivity contribution in [1.29, 1.82) is 0 Å². The van der Waals surface area contributed by atoms with E-state index in [2.05, 4.69) is 6.92 Å². The van der Waals surface area contributed by atoms with Gasteiger partial charge in [0.05, 0.1) is 0 Å². The molecule has 1 aliphatic carbocycles. The molecule has 13 heavy (non-hydrogen) atoms. The van der Waals surface area contributed by atoms with Crippen molar-refractivity contribution < 1.29 is 4.79 Å². The maximum absolute atomic E-state index is 10.7. The molecule has 0 aliphatic heterocycles. The molecule has 0 spiro atoms. The van der Waals surface area contributed by atoms with Crippen molar-refractivity contribution in [2.75, 3.05) is 0 Å². The second-order valence-corrected chi connectivity index (χ2v) is 4.66. The molecule has 76 valence electrons. The molecular formula is C11H19ClO. The first-order valence-corrected chi connectivity index (χ1v) is 5.78. The Hall–Kier alpha value is -0.0400. The molecule has 0 aromatic carbocycles. The SMILES string of the molecule is CCCC1CCC(CC(=O)Cl)CC1. The van der Waals surface area contributed by atoms with Gasteiger partial charge in [-0.3, -0.25) is 4.79 Å². The lowest BCUT2D eigenvalue weighted by Gasteiger charge is -2.27. The predicted octanol–water partition coefficient (Wildman–Crippen LogP) is 3.75. The van der Waals surface area contributed by atoms with Gasteiger partial charge in [0.15, 0.2) is 0 Å². The van der Waals surface area contributed by atoms with Gasteiger partial charge in [0.1, 0.15) is 0 Å². The molecule has 0 atom stereocenters. The Balaban J connectivity index is 2.18. The maximum atomic E-state index is 10.7. The minimum Gasteiger partial charge on any atom is -0.281 e. The number of halogens is 1. The zero-order valence-corrected chi connectivity index (χ0v) is 9.15. The summed E-state index contributed by atoms with van der Waals surface area (Å²) in [5, 5.41) is -0.154. The van der Waals surface area contributed by atoms with Crippen LogP contribution in [0.3, 0.4) is 0 Å². The van der Waals surface area contributed by atoms with Gasteiger partial charge < -0.3 is 0 Å². The highest BCUT2D eigenvalue weighted by Gasteiger charge is 2.21. The normalized spacial score (nSPS) is 28.8. The minimum absolute atomic E-state index is 0.154. The molecule has 0 heterocycles. The quantitative estimate of drug-likeness (QED) is 0.635. The van der Waals surface area contributed by atoms with Crippen LogP contribution in [0, 0.1) is 11.8 Å². The topological polar surface area (TPSA) is 17.1 Å². The zero-order chi connectivity index (χ0) is 9.68. The average molecular weight is 203 g/mol. The molecule has 0 bridgehead atoms. The number of carbonyl (C=O) groups excluding carboxylic acids is 1. The highest BCUT2D eigenvalue weighted by Crippen LogP contribution is 2.33. The van der Waals surface area contributed by atoms with Gasteiger partial charge in [-0.05, 0) is 36.3 Å². The first-order chi connectivity index (χ1) is 6.22. The van der Waals surface area contributed by atoms with Crippen molar-refractivity contribution >= 4 is 16.8 Å². The Morgan fingerprint density at radius 3 is 2.23 bits per heavy atom. The number of hydrogen-bond acceptors (Lipinski definition) is 1. The molecule has 2 heteroatoms. The summed E-state index contributed by atoms with van der Waals surface area (Å²) >= 11 is 5.37. The van der Waals surface area contributed by atoms with E-state index < -0.39 is 0 Å². The van der Waals surface area contributed by atoms with Crippen LogP contribution in [0.1, 0.15) is 51.9 Å². The molecule has 0 radical (unpaired) electrons. The van der Waals surface area contributed by atoms with Crippen molar-refractivity contribution in [3.05, 3.63) is 0 Å². The van der Waals surface area contributed by atoms with Crippen LogP contribution >= 0.6 is 11.6 Å². The van der Waals surface area contributed by atoms with Crippen molar-refractivity contribution in [3.8, 4) is 0 Å². The van der Waals surface area contributed by atoms with Gasteiger partial charge in [-0.25, -0.2) is 0 Å². The summed E-state index contributed by atoms with van der Waals surface area (Å²) in [7, 11) is 0. The molecule has 0 aromatic rings. The first-order valence-electron chi connectivity index (χ1n) is 5.40. The van der Waals surface area contributed by atoms with E-state index in [1.54, 1.807) is 0 Å². The van der Waals surface area contributed by atoms with Crippen LogP contribution in [0.25, 0.3) is 0 Å². The van der Waals surface area contributed by atoms with E-state index in [-0.39, 0.29) is 5.24 Å². The van der Waals surface area contributed by atoms with Crippen LogP contribution in [-0.2, 0) is 4.79 Å². The van der Waals surface area contributed by atoms with Gasteiger partial charge in [0, 0.05) is 6.42 Å². The molecule has 0 unspecified atom stereocenters. The van der Waals surface area contributed by atoms with Gasteiger partial charge in [0.25, 0.3) is 0 Å². The molecule has 0 N–H and O–H groups in total. The Kier molecular flexibility index (Phi) is 4.79. The Labute approximate surface area is 85.8 Å². The van der Waals surface area contributed by atoms with E-state index >= 15 is 0 Å². The monoisotopic (exact) mass is 202 g/mol. The fraction of sp³-hybridized carbons (Fsp3) is 0.909.